The fraction of sp³-hybridized carbons (Fsp3) is 0.667. The van der Waals surface area contributed by atoms with E-state index in [1.165, 1.54) is 0 Å². The lowest BCUT2D eigenvalue weighted by Crippen LogP contribution is -2.54. The van der Waals surface area contributed by atoms with Crippen molar-refractivity contribution in [3.63, 3.8) is 0 Å². The molecule has 1 amide bonds. The molecule has 0 aromatic carbocycles. The van der Waals surface area contributed by atoms with Gasteiger partial charge in [-0.25, -0.2) is 9.97 Å². The number of rotatable bonds is 4. The largest absolute Gasteiger partial charge is 0.370 e. The second-order valence-corrected chi connectivity index (χ2v) is 5.90. The molecule has 2 unspecified atom stereocenters. The molecule has 1 aromatic heterocycles. The molecule has 0 aliphatic carbocycles. The van der Waals surface area contributed by atoms with Crippen LogP contribution in [0.15, 0.2) is 12.4 Å². The predicted molar refractivity (Wildman–Crippen MR) is 82.3 cm³/mol. The van der Waals surface area contributed by atoms with Gasteiger partial charge in [0.15, 0.2) is 0 Å². The smallest absolute Gasteiger partial charge is 0.220 e. The number of hydrogen-bond donors (Lipinski definition) is 2. The molecule has 2 aliphatic heterocycles. The van der Waals surface area contributed by atoms with Gasteiger partial charge in [0, 0.05) is 38.2 Å². The second kappa shape index (κ2) is 6.28. The SMILES string of the molecule is CCCNc1cc(N2CCC3NC(=O)CCC3C2)ncn1. The minimum Gasteiger partial charge on any atom is -0.370 e. The summed E-state index contributed by atoms with van der Waals surface area (Å²) in [6.07, 6.45) is 5.34. The number of anilines is 2. The van der Waals surface area contributed by atoms with Crippen molar-refractivity contribution in [3.05, 3.63) is 12.4 Å². The van der Waals surface area contributed by atoms with Gasteiger partial charge in [-0.3, -0.25) is 4.79 Å². The van der Waals surface area contributed by atoms with Crippen molar-refractivity contribution in [3.8, 4) is 0 Å². The van der Waals surface area contributed by atoms with Gasteiger partial charge < -0.3 is 15.5 Å². The first-order valence-corrected chi connectivity index (χ1v) is 7.86. The van der Waals surface area contributed by atoms with Gasteiger partial charge in [0.1, 0.15) is 18.0 Å². The number of carbonyl (C=O) groups is 1. The van der Waals surface area contributed by atoms with E-state index in [-0.39, 0.29) is 5.91 Å². The molecule has 2 fully saturated rings. The highest BCUT2D eigenvalue weighted by atomic mass is 16.1. The third-order valence-electron chi connectivity index (χ3n) is 4.36. The molecular weight excluding hydrogens is 266 g/mol. The lowest BCUT2D eigenvalue weighted by molar-refractivity contribution is -0.124. The maximum atomic E-state index is 11.5. The number of hydrogen-bond acceptors (Lipinski definition) is 5. The van der Waals surface area contributed by atoms with Gasteiger partial charge >= 0.3 is 0 Å². The number of carbonyl (C=O) groups excluding carboxylic acids is 1. The first-order chi connectivity index (χ1) is 10.3. The quantitative estimate of drug-likeness (QED) is 0.877. The topological polar surface area (TPSA) is 70.2 Å². The highest BCUT2D eigenvalue weighted by Gasteiger charge is 2.34. The molecular formula is C15H23N5O. The Morgan fingerprint density at radius 1 is 1.43 bits per heavy atom. The molecule has 6 heteroatoms. The molecule has 0 bridgehead atoms. The lowest BCUT2D eigenvalue weighted by atomic mass is 9.85. The zero-order chi connectivity index (χ0) is 14.7. The normalized spacial score (nSPS) is 25.2. The molecule has 1 aromatic rings. The molecule has 2 aliphatic rings. The Balaban J connectivity index is 1.66. The van der Waals surface area contributed by atoms with Crippen LogP contribution in [0.5, 0.6) is 0 Å². The number of nitrogens with one attached hydrogen (secondary N) is 2. The molecule has 0 spiro atoms. The molecule has 3 rings (SSSR count). The van der Waals surface area contributed by atoms with E-state index in [0.717, 1.165) is 50.5 Å². The number of fused-ring (bicyclic) bond motifs is 1. The molecule has 3 heterocycles. The Kier molecular flexibility index (Phi) is 4.22. The summed E-state index contributed by atoms with van der Waals surface area (Å²) >= 11 is 0. The van der Waals surface area contributed by atoms with Crippen LogP contribution < -0.4 is 15.5 Å². The lowest BCUT2D eigenvalue weighted by Gasteiger charge is -2.41. The van der Waals surface area contributed by atoms with Crippen molar-refractivity contribution in [2.24, 2.45) is 5.92 Å². The van der Waals surface area contributed by atoms with Crippen molar-refractivity contribution in [2.75, 3.05) is 29.9 Å². The Morgan fingerprint density at radius 3 is 3.19 bits per heavy atom. The van der Waals surface area contributed by atoms with Gasteiger partial charge in [0.25, 0.3) is 0 Å². The molecule has 2 saturated heterocycles. The van der Waals surface area contributed by atoms with Crippen LogP contribution in [0.1, 0.15) is 32.6 Å². The van der Waals surface area contributed by atoms with Crippen LogP contribution in [0.4, 0.5) is 11.6 Å². The summed E-state index contributed by atoms with van der Waals surface area (Å²) in [4.78, 5) is 22.4. The average molecular weight is 289 g/mol. The summed E-state index contributed by atoms with van der Waals surface area (Å²) in [5.74, 6) is 2.62. The summed E-state index contributed by atoms with van der Waals surface area (Å²) in [5, 5.41) is 6.42. The third kappa shape index (κ3) is 3.25. The first kappa shape index (κ1) is 14.1. The van der Waals surface area contributed by atoms with Gasteiger partial charge in [-0.1, -0.05) is 6.92 Å². The van der Waals surface area contributed by atoms with Crippen molar-refractivity contribution in [1.29, 1.82) is 0 Å². The number of amides is 1. The van der Waals surface area contributed by atoms with Crippen LogP contribution in [0.25, 0.3) is 0 Å². The van der Waals surface area contributed by atoms with Gasteiger partial charge in [0.05, 0.1) is 0 Å². The van der Waals surface area contributed by atoms with Crippen molar-refractivity contribution >= 4 is 17.5 Å². The molecule has 6 nitrogen and oxygen atoms in total. The molecule has 0 saturated carbocycles. The van der Waals surface area contributed by atoms with E-state index < -0.39 is 0 Å². The fourth-order valence-electron chi connectivity index (χ4n) is 3.19. The number of nitrogens with zero attached hydrogens (tertiary/aromatic N) is 3. The summed E-state index contributed by atoms with van der Waals surface area (Å²) < 4.78 is 0. The minimum atomic E-state index is 0.206. The minimum absolute atomic E-state index is 0.206. The zero-order valence-electron chi connectivity index (χ0n) is 12.5. The van der Waals surface area contributed by atoms with E-state index in [1.807, 2.05) is 6.07 Å². The van der Waals surface area contributed by atoms with Crippen LogP contribution in [-0.2, 0) is 4.79 Å². The Bertz CT molecular complexity index is 507. The van der Waals surface area contributed by atoms with Crippen LogP contribution >= 0.6 is 0 Å². The number of piperidine rings is 2. The summed E-state index contributed by atoms with van der Waals surface area (Å²) in [7, 11) is 0. The van der Waals surface area contributed by atoms with E-state index >= 15 is 0 Å². The summed E-state index contributed by atoms with van der Waals surface area (Å²) in [6.45, 7) is 4.96. The maximum absolute atomic E-state index is 11.5. The van der Waals surface area contributed by atoms with Gasteiger partial charge in [-0.2, -0.15) is 0 Å². The first-order valence-electron chi connectivity index (χ1n) is 7.86. The monoisotopic (exact) mass is 289 g/mol. The van der Waals surface area contributed by atoms with Crippen LogP contribution in [0.2, 0.25) is 0 Å². The Hall–Kier alpha value is -1.85. The van der Waals surface area contributed by atoms with E-state index in [4.69, 9.17) is 0 Å². The van der Waals surface area contributed by atoms with Crippen LogP contribution in [0, 0.1) is 5.92 Å². The predicted octanol–water partition coefficient (Wildman–Crippen LogP) is 1.40. The van der Waals surface area contributed by atoms with Crippen LogP contribution in [-0.4, -0.2) is 41.6 Å². The van der Waals surface area contributed by atoms with E-state index in [0.29, 0.717) is 18.4 Å². The third-order valence-corrected chi connectivity index (χ3v) is 4.36. The van der Waals surface area contributed by atoms with E-state index in [1.54, 1.807) is 6.33 Å². The van der Waals surface area contributed by atoms with E-state index in [2.05, 4.69) is 32.4 Å². The molecule has 21 heavy (non-hydrogen) atoms. The van der Waals surface area contributed by atoms with Gasteiger partial charge in [0.2, 0.25) is 5.91 Å². The highest BCUT2D eigenvalue weighted by Crippen LogP contribution is 2.28. The van der Waals surface area contributed by atoms with Crippen molar-refractivity contribution in [1.82, 2.24) is 15.3 Å². The maximum Gasteiger partial charge on any atom is 0.220 e. The second-order valence-electron chi connectivity index (χ2n) is 5.90. The molecule has 0 radical (unpaired) electrons. The Morgan fingerprint density at radius 2 is 2.33 bits per heavy atom. The molecule has 2 N–H and O–H groups in total. The molecule has 114 valence electrons. The summed E-state index contributed by atoms with van der Waals surface area (Å²) in [6, 6.07) is 2.37. The van der Waals surface area contributed by atoms with E-state index in [9.17, 15) is 4.79 Å². The number of aromatic nitrogens is 2. The Labute approximate surface area is 125 Å². The van der Waals surface area contributed by atoms with Gasteiger partial charge in [-0.05, 0) is 25.2 Å². The average Bonchev–Trinajstić information content (AvgIpc) is 2.52. The molecule has 2 atom stereocenters. The zero-order valence-corrected chi connectivity index (χ0v) is 12.5. The highest BCUT2D eigenvalue weighted by molar-refractivity contribution is 5.77. The summed E-state index contributed by atoms with van der Waals surface area (Å²) in [5.41, 5.74) is 0. The van der Waals surface area contributed by atoms with Gasteiger partial charge in [-0.15, -0.1) is 0 Å². The van der Waals surface area contributed by atoms with Crippen LogP contribution in [0.3, 0.4) is 0 Å². The standard InChI is InChI=1S/C15H23N5O/c1-2-6-16-13-8-14(18-10-17-13)20-7-5-12-11(9-20)3-4-15(21)19-12/h8,10-12H,2-7,9H2,1H3,(H,19,21)(H,16,17,18). The fourth-order valence-corrected chi connectivity index (χ4v) is 3.19. The van der Waals surface area contributed by atoms with Crippen molar-refractivity contribution in [2.45, 2.75) is 38.6 Å². The van der Waals surface area contributed by atoms with Crippen molar-refractivity contribution < 1.29 is 4.79 Å².